The molecule has 16 heavy (non-hydrogen) atoms. The molecule has 1 aromatic heterocycles. The molecule has 0 aromatic carbocycles. The van der Waals surface area contributed by atoms with Crippen molar-refractivity contribution in [3.63, 3.8) is 0 Å². The van der Waals surface area contributed by atoms with Gasteiger partial charge in [-0.2, -0.15) is 5.10 Å². The van der Waals surface area contributed by atoms with Gasteiger partial charge in [0.25, 0.3) is 5.56 Å². The van der Waals surface area contributed by atoms with Crippen molar-refractivity contribution >= 4 is 21.6 Å². The monoisotopic (exact) mass is 289 g/mol. The summed E-state index contributed by atoms with van der Waals surface area (Å²) in [5, 5.41) is 7.17. The maximum Gasteiger partial charge on any atom is 0.283 e. The number of ether oxygens (including phenoxy) is 1. The van der Waals surface area contributed by atoms with Crippen LogP contribution in [0.15, 0.2) is 15.5 Å². The van der Waals surface area contributed by atoms with Crippen molar-refractivity contribution in [1.29, 1.82) is 0 Å². The van der Waals surface area contributed by atoms with Crippen LogP contribution in [0.25, 0.3) is 0 Å². The normalized spacial score (nSPS) is 10.4. The van der Waals surface area contributed by atoms with Crippen LogP contribution in [0.2, 0.25) is 0 Å². The van der Waals surface area contributed by atoms with Gasteiger partial charge in [0.1, 0.15) is 4.47 Å². The second-order valence-corrected chi connectivity index (χ2v) is 4.06. The summed E-state index contributed by atoms with van der Waals surface area (Å²) >= 11 is 3.27. The summed E-state index contributed by atoms with van der Waals surface area (Å²) in [5.41, 5.74) is 0.616. The molecule has 0 aliphatic carbocycles. The predicted molar refractivity (Wildman–Crippen MR) is 66.9 cm³/mol. The molecule has 0 aliphatic heterocycles. The van der Waals surface area contributed by atoms with Crippen LogP contribution in [-0.2, 0) is 11.3 Å². The summed E-state index contributed by atoms with van der Waals surface area (Å²) in [5.74, 6) is 0. The molecule has 0 atom stereocenters. The molecule has 1 heterocycles. The fourth-order valence-corrected chi connectivity index (χ4v) is 1.70. The van der Waals surface area contributed by atoms with Crippen LogP contribution in [0, 0.1) is 0 Å². The highest BCUT2D eigenvalue weighted by Gasteiger charge is 2.06. The Balaban J connectivity index is 2.68. The van der Waals surface area contributed by atoms with E-state index in [1.165, 1.54) is 4.68 Å². The van der Waals surface area contributed by atoms with Gasteiger partial charge in [-0.1, -0.05) is 0 Å². The minimum Gasteiger partial charge on any atom is -0.385 e. The Bertz CT molecular complexity index is 392. The second kappa shape index (κ2) is 6.65. The predicted octanol–water partition coefficient (Wildman–Crippen LogP) is 1.47. The summed E-state index contributed by atoms with van der Waals surface area (Å²) in [6.45, 7) is 3.90. The average Bonchev–Trinajstić information content (AvgIpc) is 2.30. The maximum absolute atomic E-state index is 11.7. The fourth-order valence-electron chi connectivity index (χ4n) is 1.25. The van der Waals surface area contributed by atoms with Crippen LogP contribution in [0.3, 0.4) is 0 Å². The molecular formula is C10H16BrN3O2. The molecular weight excluding hydrogens is 274 g/mol. The lowest BCUT2D eigenvalue weighted by Gasteiger charge is -2.09. The van der Waals surface area contributed by atoms with Crippen LogP contribution in [0.4, 0.5) is 5.69 Å². The molecule has 1 aromatic rings. The zero-order valence-corrected chi connectivity index (χ0v) is 11.1. The number of hydrogen-bond donors (Lipinski definition) is 1. The van der Waals surface area contributed by atoms with E-state index < -0.39 is 0 Å². The highest BCUT2D eigenvalue weighted by atomic mass is 79.9. The molecule has 0 amide bonds. The van der Waals surface area contributed by atoms with Crippen LogP contribution in [0.5, 0.6) is 0 Å². The second-order valence-electron chi connectivity index (χ2n) is 3.27. The van der Waals surface area contributed by atoms with Gasteiger partial charge in [-0.05, 0) is 29.3 Å². The van der Waals surface area contributed by atoms with Gasteiger partial charge < -0.3 is 10.1 Å². The number of halogens is 1. The lowest BCUT2D eigenvalue weighted by atomic mass is 10.4. The number of methoxy groups -OCH3 is 1. The van der Waals surface area contributed by atoms with Gasteiger partial charge in [0.2, 0.25) is 0 Å². The standard InChI is InChI=1S/C10H16BrN3O2/c1-3-14-10(15)9(11)8(7-13-14)12-5-4-6-16-2/h7,12H,3-6H2,1-2H3. The highest BCUT2D eigenvalue weighted by Crippen LogP contribution is 2.15. The van der Waals surface area contributed by atoms with E-state index in [1.54, 1.807) is 13.3 Å². The Labute approximate surface area is 103 Å². The summed E-state index contributed by atoms with van der Waals surface area (Å²) in [6, 6.07) is 0. The summed E-state index contributed by atoms with van der Waals surface area (Å²) < 4.78 is 6.87. The molecule has 5 nitrogen and oxygen atoms in total. The van der Waals surface area contributed by atoms with E-state index in [4.69, 9.17) is 4.74 Å². The lowest BCUT2D eigenvalue weighted by Crippen LogP contribution is -2.23. The SMILES string of the molecule is CCn1ncc(NCCCOC)c(Br)c1=O. The third-order valence-corrected chi connectivity index (χ3v) is 2.89. The minimum atomic E-state index is -0.112. The molecule has 0 radical (unpaired) electrons. The smallest absolute Gasteiger partial charge is 0.283 e. The van der Waals surface area contributed by atoms with E-state index in [-0.39, 0.29) is 5.56 Å². The van der Waals surface area contributed by atoms with Crippen molar-refractivity contribution < 1.29 is 4.74 Å². The quantitative estimate of drug-likeness (QED) is 0.806. The number of nitrogens with zero attached hydrogens (tertiary/aromatic N) is 2. The van der Waals surface area contributed by atoms with Gasteiger partial charge in [-0.25, -0.2) is 4.68 Å². The Kier molecular flexibility index (Phi) is 5.48. The molecule has 0 bridgehead atoms. The van der Waals surface area contributed by atoms with Gasteiger partial charge in [-0.15, -0.1) is 0 Å². The van der Waals surface area contributed by atoms with Gasteiger partial charge in [0.15, 0.2) is 0 Å². The summed E-state index contributed by atoms with van der Waals surface area (Å²) in [7, 11) is 1.67. The van der Waals surface area contributed by atoms with Crippen LogP contribution in [0.1, 0.15) is 13.3 Å². The van der Waals surface area contributed by atoms with E-state index in [1.807, 2.05) is 6.92 Å². The first kappa shape index (κ1) is 13.2. The molecule has 0 spiro atoms. The number of aryl methyl sites for hydroxylation is 1. The maximum atomic E-state index is 11.7. The average molecular weight is 290 g/mol. The van der Waals surface area contributed by atoms with Crippen LogP contribution >= 0.6 is 15.9 Å². The van der Waals surface area contributed by atoms with Crippen molar-refractivity contribution in [2.24, 2.45) is 0 Å². The van der Waals surface area contributed by atoms with E-state index in [0.29, 0.717) is 17.6 Å². The first-order valence-corrected chi connectivity index (χ1v) is 5.98. The van der Waals surface area contributed by atoms with Gasteiger partial charge in [0.05, 0.1) is 11.9 Å². The molecule has 0 unspecified atom stereocenters. The largest absolute Gasteiger partial charge is 0.385 e. The van der Waals surface area contributed by atoms with Gasteiger partial charge in [-0.3, -0.25) is 4.79 Å². The molecule has 6 heteroatoms. The Morgan fingerprint density at radius 3 is 3.00 bits per heavy atom. The molecule has 1 rings (SSSR count). The molecule has 0 fully saturated rings. The van der Waals surface area contributed by atoms with E-state index >= 15 is 0 Å². The molecule has 1 N–H and O–H groups in total. The van der Waals surface area contributed by atoms with E-state index in [9.17, 15) is 4.79 Å². The highest BCUT2D eigenvalue weighted by molar-refractivity contribution is 9.10. The van der Waals surface area contributed by atoms with Crippen molar-refractivity contribution in [3.05, 3.63) is 21.0 Å². The number of anilines is 1. The fraction of sp³-hybridized carbons (Fsp3) is 0.600. The summed E-state index contributed by atoms with van der Waals surface area (Å²) in [4.78, 5) is 11.7. The lowest BCUT2D eigenvalue weighted by molar-refractivity contribution is 0.198. The number of nitrogens with one attached hydrogen (secondary N) is 1. The minimum absolute atomic E-state index is 0.112. The Hall–Kier alpha value is -0.880. The van der Waals surface area contributed by atoms with Gasteiger partial charge in [0, 0.05) is 26.8 Å². The van der Waals surface area contributed by atoms with E-state index in [2.05, 4.69) is 26.3 Å². The Morgan fingerprint density at radius 2 is 2.38 bits per heavy atom. The summed E-state index contributed by atoms with van der Waals surface area (Å²) in [6.07, 6.45) is 2.54. The third-order valence-electron chi connectivity index (χ3n) is 2.13. The molecule has 0 aliphatic rings. The molecule has 0 saturated heterocycles. The molecule has 0 saturated carbocycles. The van der Waals surface area contributed by atoms with Gasteiger partial charge >= 0.3 is 0 Å². The zero-order chi connectivity index (χ0) is 12.0. The third kappa shape index (κ3) is 3.31. The van der Waals surface area contributed by atoms with Crippen molar-refractivity contribution in [2.45, 2.75) is 19.9 Å². The zero-order valence-electron chi connectivity index (χ0n) is 9.49. The van der Waals surface area contributed by atoms with Crippen molar-refractivity contribution in [2.75, 3.05) is 25.6 Å². The number of hydrogen-bond acceptors (Lipinski definition) is 4. The van der Waals surface area contributed by atoms with Crippen molar-refractivity contribution in [1.82, 2.24) is 9.78 Å². The molecule has 90 valence electrons. The van der Waals surface area contributed by atoms with E-state index in [0.717, 1.165) is 18.7 Å². The number of rotatable bonds is 6. The topological polar surface area (TPSA) is 56.1 Å². The Morgan fingerprint density at radius 1 is 1.62 bits per heavy atom. The number of aromatic nitrogens is 2. The van der Waals surface area contributed by atoms with Crippen LogP contribution in [-0.4, -0.2) is 30.0 Å². The first-order chi connectivity index (χ1) is 7.70. The first-order valence-electron chi connectivity index (χ1n) is 5.19. The van der Waals surface area contributed by atoms with Crippen LogP contribution < -0.4 is 10.9 Å². The van der Waals surface area contributed by atoms with Crippen molar-refractivity contribution in [3.8, 4) is 0 Å².